The van der Waals surface area contributed by atoms with Crippen LogP contribution in [-0.2, 0) is 13.0 Å². The van der Waals surface area contributed by atoms with E-state index in [2.05, 4.69) is 175 Å². The van der Waals surface area contributed by atoms with Crippen LogP contribution in [0.5, 0.6) is 0 Å². The number of piperazine rings is 1. The predicted octanol–water partition coefficient (Wildman–Crippen LogP) is 8.89. The Morgan fingerprint density at radius 2 is 1.67 bits per heavy atom. The van der Waals surface area contributed by atoms with Crippen molar-refractivity contribution in [1.82, 2.24) is 45.7 Å². The Morgan fingerprint density at radius 1 is 0.907 bits per heavy atom. The van der Waals surface area contributed by atoms with Crippen LogP contribution in [-0.4, -0.2) is 121 Å². The van der Waals surface area contributed by atoms with Gasteiger partial charge in [0.25, 0.3) is 0 Å². The zero-order valence-corrected chi connectivity index (χ0v) is 51.0. The molecule has 0 amide bonds. The number of benzene rings is 1. The number of fused-ring (bicyclic) bond motifs is 1. The van der Waals surface area contributed by atoms with Crippen molar-refractivity contribution >= 4 is 22.3 Å². The van der Waals surface area contributed by atoms with E-state index in [-0.39, 0.29) is 41.0 Å². The molecule has 6 heterocycles. The Bertz CT molecular complexity index is 2280. The van der Waals surface area contributed by atoms with Gasteiger partial charge in [-0.15, -0.1) is 25.1 Å². The third-order valence-electron chi connectivity index (χ3n) is 17.3. The van der Waals surface area contributed by atoms with Crippen molar-refractivity contribution in [2.75, 3.05) is 88.3 Å². The maximum absolute atomic E-state index is 5.07. The summed E-state index contributed by atoms with van der Waals surface area (Å²) in [5.41, 5.74) is 15.1. The summed E-state index contributed by atoms with van der Waals surface area (Å²) in [5.74, 6) is 2.47. The van der Waals surface area contributed by atoms with Crippen molar-refractivity contribution in [3.05, 3.63) is 97.7 Å². The molecule has 4 unspecified atom stereocenters. The van der Waals surface area contributed by atoms with E-state index in [1.165, 1.54) is 116 Å². The zero-order chi connectivity index (χ0) is 52.8. The standard InChI is InChI=1S/C36H52N5.C27H50N6.Na/c1-7-11-17-36(5,6)24-32-30-22-28(39-19-13-12-14-20-39)15-16-34(30)41(10-4)35(32)31-23-29(25-38-33(31)9-3)40-21-18-37-27(8-2)26-40;1-7-28-24(6)31(8-2)19-25-15-18-32(20-25)27(26-13-9-10-14-26)22(4)30-21(3)23(5)33-17-12-11-16-29-33;/h7,9,15-16,22-23,25,27,37H,1,8,10-14,17-21,24,26H2,2-6H3;21,25-30H,4-20H2,1-3H3;/q-1;;+1. The molecule has 2 aromatic heterocycles. The summed E-state index contributed by atoms with van der Waals surface area (Å²) in [6.07, 6.45) is 23.7. The van der Waals surface area contributed by atoms with Gasteiger partial charge in [-0.3, -0.25) is 9.88 Å². The van der Waals surface area contributed by atoms with Crippen LogP contribution in [0.3, 0.4) is 0 Å². The van der Waals surface area contributed by atoms with Crippen molar-refractivity contribution < 1.29 is 29.6 Å². The molecule has 0 radical (unpaired) electrons. The Balaban J connectivity index is 0.000000246. The number of rotatable bonds is 24. The van der Waals surface area contributed by atoms with Gasteiger partial charge >= 0.3 is 29.6 Å². The molecule has 1 aromatic carbocycles. The Morgan fingerprint density at radius 3 is 2.33 bits per heavy atom. The molecule has 3 aromatic rings. The van der Waals surface area contributed by atoms with Crippen molar-refractivity contribution in [3.8, 4) is 11.3 Å². The van der Waals surface area contributed by atoms with E-state index < -0.39 is 0 Å². The topological polar surface area (TPSA) is 82.1 Å². The van der Waals surface area contributed by atoms with Gasteiger partial charge in [0, 0.05) is 124 Å². The minimum atomic E-state index is 0. The first-order valence-electron chi connectivity index (χ1n) is 29.7. The third-order valence-corrected chi connectivity index (χ3v) is 17.3. The summed E-state index contributed by atoms with van der Waals surface area (Å²) in [4.78, 5) is 15.3. The zero-order valence-electron chi connectivity index (χ0n) is 49.0. The molecule has 4 N–H and O–H groups in total. The molecule has 0 bridgehead atoms. The average Bonchev–Trinajstić information content (AvgIpc) is 4.21. The fraction of sp³-hybridized carbons (Fsp3) is 0.651. The second-order valence-electron chi connectivity index (χ2n) is 23.2. The number of piperidine rings is 1. The van der Waals surface area contributed by atoms with Gasteiger partial charge in [0.1, 0.15) is 0 Å². The summed E-state index contributed by atoms with van der Waals surface area (Å²) < 4.78 is 2.56. The van der Waals surface area contributed by atoms with Gasteiger partial charge < -0.3 is 40.2 Å². The van der Waals surface area contributed by atoms with Crippen LogP contribution in [0.15, 0.2) is 80.1 Å². The van der Waals surface area contributed by atoms with Crippen LogP contribution in [0.2, 0.25) is 0 Å². The van der Waals surface area contributed by atoms with Crippen LogP contribution in [0, 0.1) is 23.7 Å². The monoisotopic (exact) mass is 1040 g/mol. The van der Waals surface area contributed by atoms with Crippen molar-refractivity contribution in [2.45, 2.75) is 170 Å². The molecule has 5 aliphatic rings. The van der Waals surface area contributed by atoms with E-state index in [1.54, 1.807) is 0 Å². The molecule has 5 fully saturated rings. The summed E-state index contributed by atoms with van der Waals surface area (Å²) >= 11 is 0. The SMILES string of the molecule is C=C(NC(C)C(=C)N1CCCCN1)C(C1CCCC1)N1CCC(CN(CC)C(=C)NCC)C1.C=CCCC(C)(C)Cc1c(-c2cc(N3CCNC(CC)C3)cnc2[CH-]C)n(CC)c2ccc(N3CCCCC3)cc12.[Na+]. The van der Waals surface area contributed by atoms with Gasteiger partial charge in [0.15, 0.2) is 0 Å². The Hall–Kier alpha value is -3.58. The molecule has 1 aliphatic carbocycles. The molecule has 410 valence electrons. The van der Waals surface area contributed by atoms with Crippen LogP contribution in [0.4, 0.5) is 11.4 Å². The maximum Gasteiger partial charge on any atom is 1.00 e. The number of aromatic nitrogens is 2. The second kappa shape index (κ2) is 29.4. The molecule has 11 nitrogen and oxygen atoms in total. The molecule has 8 rings (SSSR count). The number of pyridine rings is 1. The van der Waals surface area contributed by atoms with E-state index in [1.807, 2.05) is 0 Å². The van der Waals surface area contributed by atoms with Gasteiger partial charge in [-0.2, -0.15) is 0 Å². The molecule has 75 heavy (non-hydrogen) atoms. The van der Waals surface area contributed by atoms with E-state index in [0.717, 1.165) is 127 Å². The minimum Gasteiger partial charge on any atom is -0.379 e. The summed E-state index contributed by atoms with van der Waals surface area (Å²) in [6, 6.07) is 10.8. The molecule has 4 saturated heterocycles. The summed E-state index contributed by atoms with van der Waals surface area (Å²) in [5, 5.41) is 14.5. The normalized spacial score (nSPS) is 20.5. The van der Waals surface area contributed by atoms with E-state index >= 15 is 0 Å². The first kappa shape index (κ1) is 60.6. The van der Waals surface area contributed by atoms with Crippen molar-refractivity contribution in [2.24, 2.45) is 17.3 Å². The third kappa shape index (κ3) is 15.6. The molecule has 4 aliphatic heterocycles. The second-order valence-corrected chi connectivity index (χ2v) is 23.2. The minimum absolute atomic E-state index is 0. The van der Waals surface area contributed by atoms with E-state index in [0.29, 0.717) is 18.0 Å². The first-order chi connectivity index (χ1) is 35.8. The molecule has 12 heteroatoms. The fourth-order valence-electron chi connectivity index (χ4n) is 13.0. The molecular formula is C63H102N11Na. The number of likely N-dealkylation sites (tertiary alicyclic amines) is 1. The molecule has 0 spiro atoms. The molecular weight excluding hydrogens is 934 g/mol. The number of hydrazine groups is 1. The maximum atomic E-state index is 5.07. The number of allylic oxidation sites excluding steroid dienone is 1. The first-order valence-corrected chi connectivity index (χ1v) is 29.7. The van der Waals surface area contributed by atoms with Crippen LogP contribution in [0.25, 0.3) is 22.2 Å². The number of aryl methyl sites for hydroxylation is 1. The molecule has 1 saturated carbocycles. The Labute approximate surface area is 479 Å². The number of hydrogen-bond acceptors (Lipinski definition) is 10. The number of anilines is 2. The van der Waals surface area contributed by atoms with Gasteiger partial charge in [0.05, 0.1) is 17.9 Å². The van der Waals surface area contributed by atoms with Crippen molar-refractivity contribution in [3.63, 3.8) is 0 Å². The number of nitrogens with zero attached hydrogens (tertiary/aromatic N) is 7. The summed E-state index contributed by atoms with van der Waals surface area (Å²) in [6.45, 7) is 49.2. The fourth-order valence-corrected chi connectivity index (χ4v) is 13.0. The van der Waals surface area contributed by atoms with Gasteiger partial charge in [-0.1, -0.05) is 65.1 Å². The Kier molecular flexibility index (Phi) is 23.8. The van der Waals surface area contributed by atoms with Crippen LogP contribution >= 0.6 is 0 Å². The average molecular weight is 1040 g/mol. The largest absolute Gasteiger partial charge is 1.00 e. The van der Waals surface area contributed by atoms with Crippen LogP contribution < -0.4 is 60.7 Å². The quantitative estimate of drug-likeness (QED) is 0.0397. The predicted molar refractivity (Wildman–Crippen MR) is 318 cm³/mol. The van der Waals surface area contributed by atoms with Gasteiger partial charge in [-0.25, -0.2) is 11.8 Å². The van der Waals surface area contributed by atoms with E-state index in [4.69, 9.17) is 4.98 Å². The van der Waals surface area contributed by atoms with Gasteiger partial charge in [0.2, 0.25) is 0 Å². The number of nitrogens with one attached hydrogen (secondary N) is 4. The molecule has 4 atom stereocenters. The van der Waals surface area contributed by atoms with Crippen molar-refractivity contribution in [1.29, 1.82) is 0 Å². The number of hydrogen-bond donors (Lipinski definition) is 4. The van der Waals surface area contributed by atoms with E-state index in [9.17, 15) is 0 Å². The summed E-state index contributed by atoms with van der Waals surface area (Å²) in [7, 11) is 0. The van der Waals surface area contributed by atoms with Gasteiger partial charge in [-0.05, 0) is 158 Å². The van der Waals surface area contributed by atoms with Crippen LogP contribution in [0.1, 0.15) is 150 Å². The smallest absolute Gasteiger partial charge is 0.379 e.